The van der Waals surface area contributed by atoms with Crippen LogP contribution in [0.5, 0.6) is 5.75 Å². The first kappa shape index (κ1) is 18.7. The third-order valence-corrected chi connectivity index (χ3v) is 4.53. The van der Waals surface area contributed by atoms with Crippen molar-refractivity contribution in [1.82, 2.24) is 9.97 Å². The van der Waals surface area contributed by atoms with E-state index in [9.17, 15) is 0 Å². The third-order valence-electron chi connectivity index (χ3n) is 4.53. The quantitative estimate of drug-likeness (QED) is 0.512. The Morgan fingerprint density at radius 3 is 2.31 bits per heavy atom. The molecule has 1 N–H and O–H groups in total. The van der Waals surface area contributed by atoms with Crippen LogP contribution in [-0.2, 0) is 0 Å². The van der Waals surface area contributed by atoms with Crippen LogP contribution in [-0.4, -0.2) is 17.1 Å². The number of nitrogens with zero attached hydrogens (tertiary/aromatic N) is 3. The van der Waals surface area contributed by atoms with Gasteiger partial charge in [0.2, 0.25) is 5.95 Å². The molecule has 0 bridgehead atoms. The molecule has 6 nitrogen and oxygen atoms in total. The lowest BCUT2D eigenvalue weighted by Gasteiger charge is -2.07. The zero-order chi connectivity index (χ0) is 20.4. The fraction of sp³-hybridized carbons (Fsp3) is 0.174. The van der Waals surface area contributed by atoms with E-state index in [1.807, 2.05) is 75.4 Å². The number of fused-ring (bicyclic) bond motifs is 1. The molecule has 2 aromatic heterocycles. The summed E-state index contributed by atoms with van der Waals surface area (Å²) in [6.07, 6.45) is 0. The minimum absolute atomic E-state index is 0.467. The van der Waals surface area contributed by atoms with Crippen LogP contribution in [0.25, 0.3) is 22.3 Å². The average Bonchev–Trinajstić information content (AvgIpc) is 2.71. The van der Waals surface area contributed by atoms with E-state index < -0.39 is 0 Å². The summed E-state index contributed by atoms with van der Waals surface area (Å²) in [5, 5.41) is 6.23. The van der Waals surface area contributed by atoms with E-state index in [1.54, 1.807) is 7.11 Å². The van der Waals surface area contributed by atoms with E-state index in [0.717, 1.165) is 44.6 Å². The number of hydrogen-bond acceptors (Lipinski definition) is 6. The van der Waals surface area contributed by atoms with E-state index in [0.29, 0.717) is 11.7 Å². The van der Waals surface area contributed by atoms with Crippen molar-refractivity contribution < 1.29 is 9.15 Å². The molecule has 4 rings (SSSR count). The molecule has 0 amide bonds. The maximum Gasteiger partial charge on any atom is 0.243 e. The van der Waals surface area contributed by atoms with Crippen LogP contribution in [0.2, 0.25) is 0 Å². The molecule has 2 aromatic carbocycles. The van der Waals surface area contributed by atoms with Crippen LogP contribution in [0, 0.1) is 20.8 Å². The smallest absolute Gasteiger partial charge is 0.243 e. The van der Waals surface area contributed by atoms with Crippen LogP contribution < -0.4 is 15.5 Å². The van der Waals surface area contributed by atoms with Gasteiger partial charge in [-0.2, -0.15) is 5.10 Å². The largest absolute Gasteiger partial charge is 0.497 e. The number of rotatable bonds is 4. The van der Waals surface area contributed by atoms with E-state index in [4.69, 9.17) is 9.15 Å². The van der Waals surface area contributed by atoms with E-state index in [2.05, 4.69) is 20.5 Å². The predicted molar refractivity (Wildman–Crippen MR) is 114 cm³/mol. The van der Waals surface area contributed by atoms with Gasteiger partial charge < -0.3 is 9.15 Å². The highest BCUT2D eigenvalue weighted by molar-refractivity contribution is 5.79. The molecule has 0 saturated carbocycles. The summed E-state index contributed by atoms with van der Waals surface area (Å²) in [5.74, 6) is 1.98. The molecule has 0 atom stereocenters. The van der Waals surface area contributed by atoms with Crippen LogP contribution >= 0.6 is 0 Å². The Labute approximate surface area is 168 Å². The van der Waals surface area contributed by atoms with Crippen molar-refractivity contribution in [3.63, 3.8) is 0 Å². The first-order chi connectivity index (χ1) is 14.0. The van der Waals surface area contributed by atoms with Gasteiger partial charge in [-0.1, -0.05) is 6.07 Å². The Morgan fingerprint density at radius 2 is 1.62 bits per heavy atom. The number of methoxy groups -OCH3 is 1. The SMILES string of the molecule is COc1ccc(-c2c/c(=N/Nc3nc(C)cc(C)n3)c3ccc(C)cc3o2)cc1. The second kappa shape index (κ2) is 7.75. The van der Waals surface area contributed by atoms with Gasteiger partial charge in [0.25, 0.3) is 0 Å². The van der Waals surface area contributed by atoms with Crippen molar-refractivity contribution in [2.24, 2.45) is 5.10 Å². The molecule has 29 heavy (non-hydrogen) atoms. The zero-order valence-electron chi connectivity index (χ0n) is 16.9. The van der Waals surface area contributed by atoms with Crippen LogP contribution in [0.1, 0.15) is 17.0 Å². The van der Waals surface area contributed by atoms with Gasteiger partial charge in [-0.3, -0.25) is 0 Å². The van der Waals surface area contributed by atoms with Gasteiger partial charge in [-0.25, -0.2) is 15.4 Å². The molecular weight excluding hydrogens is 364 g/mol. The molecule has 0 aliphatic heterocycles. The number of aromatic nitrogens is 2. The Morgan fingerprint density at radius 1 is 0.897 bits per heavy atom. The minimum atomic E-state index is 0.467. The molecule has 4 aromatic rings. The average molecular weight is 386 g/mol. The molecule has 146 valence electrons. The molecule has 0 spiro atoms. The van der Waals surface area contributed by atoms with Gasteiger partial charge in [0.1, 0.15) is 17.1 Å². The van der Waals surface area contributed by atoms with Gasteiger partial charge in [0.05, 0.1) is 12.5 Å². The number of hydrogen-bond donors (Lipinski definition) is 1. The van der Waals surface area contributed by atoms with E-state index in [1.165, 1.54) is 0 Å². The second-order valence-corrected chi connectivity index (χ2v) is 6.92. The summed E-state index contributed by atoms with van der Waals surface area (Å²) >= 11 is 0. The molecular formula is C23H22N4O2. The van der Waals surface area contributed by atoms with E-state index in [-0.39, 0.29) is 0 Å². The van der Waals surface area contributed by atoms with Crippen molar-refractivity contribution >= 4 is 16.9 Å². The van der Waals surface area contributed by atoms with Crippen LogP contribution in [0.4, 0.5) is 5.95 Å². The number of benzene rings is 2. The number of nitrogens with one attached hydrogen (secondary N) is 1. The third kappa shape index (κ3) is 4.11. The Bertz CT molecular complexity index is 1220. The molecule has 0 saturated heterocycles. The van der Waals surface area contributed by atoms with E-state index >= 15 is 0 Å². The topological polar surface area (TPSA) is 72.5 Å². The Hall–Kier alpha value is -3.67. The predicted octanol–water partition coefficient (Wildman–Crippen LogP) is 4.75. The molecule has 0 aliphatic rings. The lowest BCUT2D eigenvalue weighted by Crippen LogP contribution is -2.09. The molecule has 0 aliphatic carbocycles. The first-order valence-electron chi connectivity index (χ1n) is 9.33. The van der Waals surface area contributed by atoms with Gasteiger partial charge in [-0.15, -0.1) is 0 Å². The lowest BCUT2D eigenvalue weighted by atomic mass is 10.1. The summed E-state index contributed by atoms with van der Waals surface area (Å²) in [6, 6.07) is 17.6. The summed E-state index contributed by atoms with van der Waals surface area (Å²) < 4.78 is 11.4. The van der Waals surface area contributed by atoms with Crippen molar-refractivity contribution in [3.05, 3.63) is 76.9 Å². The van der Waals surface area contributed by atoms with Gasteiger partial charge in [0, 0.05) is 28.4 Å². The number of aryl methyl sites for hydroxylation is 3. The summed E-state index contributed by atoms with van der Waals surface area (Å²) in [4.78, 5) is 8.78. The highest BCUT2D eigenvalue weighted by atomic mass is 16.5. The van der Waals surface area contributed by atoms with Crippen LogP contribution in [0.15, 0.2) is 64.1 Å². The fourth-order valence-corrected chi connectivity index (χ4v) is 3.15. The second-order valence-electron chi connectivity index (χ2n) is 6.92. The maximum atomic E-state index is 6.17. The van der Waals surface area contributed by atoms with Crippen molar-refractivity contribution in [2.75, 3.05) is 12.5 Å². The van der Waals surface area contributed by atoms with Crippen LogP contribution in [0.3, 0.4) is 0 Å². The standard InChI is InChI=1S/C23H22N4O2/c1-14-5-10-19-20(26-27-23-24-15(2)12-16(3)25-23)13-21(29-22(19)11-14)17-6-8-18(28-4)9-7-17/h5-13H,1-4H3,(H,24,25,27)/b26-20-. The molecule has 2 heterocycles. The maximum absolute atomic E-state index is 6.17. The van der Waals surface area contributed by atoms with Crippen molar-refractivity contribution in [3.8, 4) is 17.1 Å². The zero-order valence-corrected chi connectivity index (χ0v) is 16.9. The normalized spacial score (nSPS) is 11.7. The summed E-state index contributed by atoms with van der Waals surface area (Å²) in [5.41, 5.74) is 7.58. The van der Waals surface area contributed by atoms with Gasteiger partial charge in [0.15, 0.2) is 0 Å². The van der Waals surface area contributed by atoms with Gasteiger partial charge in [-0.05, 0) is 68.8 Å². The summed E-state index contributed by atoms with van der Waals surface area (Å²) in [7, 11) is 1.65. The molecule has 0 fully saturated rings. The van der Waals surface area contributed by atoms with Crippen molar-refractivity contribution in [1.29, 1.82) is 0 Å². The molecule has 0 radical (unpaired) electrons. The fourth-order valence-electron chi connectivity index (χ4n) is 3.15. The monoisotopic (exact) mass is 386 g/mol. The Kier molecular flexibility index (Phi) is 4.99. The molecule has 0 unspecified atom stereocenters. The minimum Gasteiger partial charge on any atom is -0.497 e. The molecule has 6 heteroatoms. The highest BCUT2D eigenvalue weighted by Gasteiger charge is 2.07. The lowest BCUT2D eigenvalue weighted by molar-refractivity contribution is 0.415. The summed E-state index contributed by atoms with van der Waals surface area (Å²) in [6.45, 7) is 5.90. The number of anilines is 1. The first-order valence-corrected chi connectivity index (χ1v) is 9.33. The number of ether oxygens (including phenoxy) is 1. The Balaban J connectivity index is 1.84. The van der Waals surface area contributed by atoms with Gasteiger partial charge >= 0.3 is 0 Å². The highest BCUT2D eigenvalue weighted by Crippen LogP contribution is 2.24. The van der Waals surface area contributed by atoms with Crippen molar-refractivity contribution in [2.45, 2.75) is 20.8 Å².